The summed E-state index contributed by atoms with van der Waals surface area (Å²) in [7, 11) is 3.75. The summed E-state index contributed by atoms with van der Waals surface area (Å²) in [6.45, 7) is 11.2. The van der Waals surface area contributed by atoms with Gasteiger partial charge in [-0.15, -0.1) is 11.3 Å². The average Bonchev–Trinajstić information content (AvgIpc) is 3.71. The third-order valence-corrected chi connectivity index (χ3v) is 9.80. The van der Waals surface area contributed by atoms with E-state index in [1.165, 1.54) is 0 Å². The molecule has 0 saturated carbocycles. The summed E-state index contributed by atoms with van der Waals surface area (Å²) in [5, 5.41) is 18.0. The fourth-order valence-electron chi connectivity index (χ4n) is 6.37. The first-order valence-electron chi connectivity index (χ1n) is 15.2. The molecule has 0 bridgehead atoms. The number of hydrogen-bond acceptors (Lipinski definition) is 7. The summed E-state index contributed by atoms with van der Waals surface area (Å²) in [6, 6.07) is 15.9. The number of hydrogen-bond donors (Lipinski definition) is 1. The van der Waals surface area contributed by atoms with Crippen LogP contribution in [0.2, 0.25) is 5.02 Å². The van der Waals surface area contributed by atoms with E-state index in [4.69, 9.17) is 31.2 Å². The minimum absolute atomic E-state index is 0.355. The van der Waals surface area contributed by atoms with E-state index in [0.29, 0.717) is 16.5 Å². The molecule has 45 heavy (non-hydrogen) atoms. The Bertz CT molecular complexity index is 1880. The van der Waals surface area contributed by atoms with Crippen molar-refractivity contribution in [2.24, 2.45) is 7.05 Å². The minimum Gasteiger partial charge on any atom is -0.479 e. The fourth-order valence-corrected chi connectivity index (χ4v) is 7.62. The van der Waals surface area contributed by atoms with Crippen molar-refractivity contribution in [2.75, 3.05) is 33.4 Å². The van der Waals surface area contributed by atoms with Crippen molar-refractivity contribution in [3.63, 3.8) is 0 Å². The summed E-state index contributed by atoms with van der Waals surface area (Å²) in [5.74, 6) is -0.678. The second-order valence-electron chi connectivity index (χ2n) is 12.8. The number of rotatable bonds is 9. The number of carbonyl (C=O) groups is 1. The summed E-state index contributed by atoms with van der Waals surface area (Å²) in [5.41, 5.74) is 6.49. The number of thiazole rings is 1. The Morgan fingerprint density at radius 2 is 1.89 bits per heavy atom. The molecule has 1 unspecified atom stereocenters. The Morgan fingerprint density at radius 3 is 2.58 bits per heavy atom. The van der Waals surface area contributed by atoms with Gasteiger partial charge in [0.25, 0.3) is 0 Å². The van der Waals surface area contributed by atoms with Crippen molar-refractivity contribution in [1.82, 2.24) is 19.7 Å². The number of ether oxygens (including phenoxy) is 2. The topological polar surface area (TPSA) is 89.7 Å². The molecule has 6 rings (SSSR count). The number of aliphatic carboxylic acids is 1. The Labute approximate surface area is 272 Å². The molecule has 2 aromatic heterocycles. The zero-order chi connectivity index (χ0) is 32.0. The number of carboxylic acids is 1. The summed E-state index contributed by atoms with van der Waals surface area (Å²) in [4.78, 5) is 20.2. The highest BCUT2D eigenvalue weighted by Crippen LogP contribution is 2.45. The van der Waals surface area contributed by atoms with Crippen LogP contribution in [0.5, 0.6) is 0 Å². The van der Waals surface area contributed by atoms with Crippen LogP contribution >= 0.6 is 22.9 Å². The molecule has 3 aromatic carbocycles. The Hall–Kier alpha value is -3.34. The average molecular weight is 647 g/mol. The van der Waals surface area contributed by atoms with Crippen molar-refractivity contribution in [2.45, 2.75) is 51.7 Å². The second kappa shape index (κ2) is 12.5. The predicted octanol–water partition coefficient (Wildman–Crippen LogP) is 7.86. The number of carboxylic acid groups (broad SMARTS) is 1. The molecule has 0 amide bonds. The lowest BCUT2D eigenvalue weighted by atomic mass is 9.91. The third-order valence-electron chi connectivity index (χ3n) is 8.42. The first kappa shape index (κ1) is 31.6. The molecule has 1 aliphatic heterocycles. The van der Waals surface area contributed by atoms with Crippen molar-refractivity contribution in [1.29, 1.82) is 0 Å². The number of aromatic nitrogens is 3. The van der Waals surface area contributed by atoms with Gasteiger partial charge in [-0.3, -0.25) is 4.68 Å². The van der Waals surface area contributed by atoms with Crippen LogP contribution in [0.25, 0.3) is 42.8 Å². The van der Waals surface area contributed by atoms with Crippen LogP contribution in [-0.2, 0) is 21.3 Å². The molecule has 0 radical (unpaired) electrons. The largest absolute Gasteiger partial charge is 0.479 e. The lowest BCUT2D eigenvalue weighted by molar-refractivity contribution is -0.160. The molecule has 3 heterocycles. The van der Waals surface area contributed by atoms with Gasteiger partial charge in [0.15, 0.2) is 6.10 Å². The highest BCUT2D eigenvalue weighted by Gasteiger charge is 2.33. The van der Waals surface area contributed by atoms with E-state index < -0.39 is 17.7 Å². The van der Waals surface area contributed by atoms with Crippen LogP contribution in [0.1, 0.15) is 56.0 Å². The molecular formula is C35H39ClN4O4S. The van der Waals surface area contributed by atoms with Gasteiger partial charge in [0, 0.05) is 60.3 Å². The molecule has 1 saturated heterocycles. The third kappa shape index (κ3) is 6.37. The van der Waals surface area contributed by atoms with E-state index in [-0.39, 0.29) is 0 Å². The maximum Gasteiger partial charge on any atom is 0.337 e. The molecule has 2 atom stereocenters. The molecule has 8 nitrogen and oxygen atoms in total. The van der Waals surface area contributed by atoms with Gasteiger partial charge in [-0.2, -0.15) is 5.10 Å². The van der Waals surface area contributed by atoms with Crippen molar-refractivity contribution < 1.29 is 19.4 Å². The van der Waals surface area contributed by atoms with Crippen LogP contribution < -0.4 is 0 Å². The normalized spacial score (nSPS) is 16.6. The smallest absolute Gasteiger partial charge is 0.337 e. The van der Waals surface area contributed by atoms with Crippen LogP contribution in [0.3, 0.4) is 0 Å². The van der Waals surface area contributed by atoms with Crippen LogP contribution in [0.4, 0.5) is 0 Å². The van der Waals surface area contributed by atoms with E-state index in [2.05, 4.69) is 23.1 Å². The van der Waals surface area contributed by atoms with Crippen LogP contribution in [0, 0.1) is 6.92 Å². The highest BCUT2D eigenvalue weighted by atomic mass is 35.5. The van der Waals surface area contributed by atoms with E-state index >= 15 is 0 Å². The molecule has 1 fully saturated rings. The quantitative estimate of drug-likeness (QED) is 0.174. The number of fused-ring (bicyclic) bond motifs is 2. The molecular weight excluding hydrogens is 608 g/mol. The number of likely N-dealkylation sites (tertiary alicyclic amines) is 1. The Balaban J connectivity index is 1.49. The Kier molecular flexibility index (Phi) is 8.76. The molecule has 0 spiro atoms. The molecule has 236 valence electrons. The lowest BCUT2D eigenvalue weighted by Gasteiger charge is -2.28. The predicted molar refractivity (Wildman–Crippen MR) is 181 cm³/mol. The first-order chi connectivity index (χ1) is 21.4. The van der Waals surface area contributed by atoms with E-state index in [1.54, 1.807) is 18.4 Å². The number of methoxy groups -OCH3 is 1. The number of halogens is 1. The lowest BCUT2D eigenvalue weighted by Crippen LogP contribution is -2.28. The van der Waals surface area contributed by atoms with Gasteiger partial charge in [-0.1, -0.05) is 23.7 Å². The van der Waals surface area contributed by atoms with Crippen LogP contribution in [0.15, 0.2) is 48.5 Å². The van der Waals surface area contributed by atoms with Crippen molar-refractivity contribution in [3.8, 4) is 21.7 Å². The molecule has 10 heteroatoms. The van der Waals surface area contributed by atoms with Gasteiger partial charge in [0.2, 0.25) is 0 Å². The zero-order valence-electron chi connectivity index (χ0n) is 26.6. The van der Waals surface area contributed by atoms with Gasteiger partial charge in [-0.05, 0) is 88.2 Å². The van der Waals surface area contributed by atoms with Gasteiger partial charge >= 0.3 is 5.97 Å². The minimum atomic E-state index is -1.16. The molecule has 1 N–H and O–H groups in total. The Morgan fingerprint density at radius 1 is 1.16 bits per heavy atom. The SMILES string of the molecule is COCCN1CCC(c2nn(C)c3ccc(-c4nc5cc(C)c([C@H](OC(C)(C)C)C(=O)O)c(-c6ccc(Cl)cc6)c5s4)cc23)C1. The van der Waals surface area contributed by atoms with Crippen LogP contribution in [-0.4, -0.2) is 69.7 Å². The van der Waals surface area contributed by atoms with Gasteiger partial charge in [0.1, 0.15) is 5.01 Å². The first-order valence-corrected chi connectivity index (χ1v) is 16.4. The number of nitrogens with zero attached hydrogens (tertiary/aromatic N) is 4. The van der Waals surface area contributed by atoms with Gasteiger partial charge in [0.05, 0.1) is 33.6 Å². The monoisotopic (exact) mass is 646 g/mol. The second-order valence-corrected chi connectivity index (χ2v) is 14.3. The zero-order valence-corrected chi connectivity index (χ0v) is 28.1. The number of benzene rings is 3. The van der Waals surface area contributed by atoms with E-state index in [1.807, 2.05) is 69.8 Å². The molecule has 0 aliphatic carbocycles. The highest BCUT2D eigenvalue weighted by molar-refractivity contribution is 7.22. The maximum atomic E-state index is 12.7. The number of aryl methyl sites for hydroxylation is 2. The standard InChI is InChI=1S/C35H39ClN4O4S/c1-20-17-26-32(29(21-7-10-24(36)11-8-21)28(20)31(34(41)42)44-35(2,3)4)45-33(37-26)22-9-12-27-25(18-22)30(38-39(27)5)23-13-14-40(19-23)15-16-43-6/h7-12,17-18,23,31H,13-16,19H2,1-6H3,(H,41,42)/t23?,31-/m0/s1. The van der Waals surface area contributed by atoms with Gasteiger partial charge in [-0.25, -0.2) is 9.78 Å². The van der Waals surface area contributed by atoms with E-state index in [0.717, 1.165) is 86.7 Å². The maximum absolute atomic E-state index is 12.7. The van der Waals surface area contributed by atoms with Gasteiger partial charge < -0.3 is 19.5 Å². The summed E-state index contributed by atoms with van der Waals surface area (Å²) in [6.07, 6.45) is -0.0930. The summed E-state index contributed by atoms with van der Waals surface area (Å²) < 4.78 is 14.4. The van der Waals surface area contributed by atoms with E-state index in [9.17, 15) is 9.90 Å². The molecule has 5 aromatic rings. The van der Waals surface area contributed by atoms with Crippen molar-refractivity contribution in [3.05, 3.63) is 70.4 Å². The van der Waals surface area contributed by atoms with Crippen molar-refractivity contribution >= 4 is 50.0 Å². The summed E-state index contributed by atoms with van der Waals surface area (Å²) >= 11 is 7.84. The fraction of sp³-hybridized carbons (Fsp3) is 0.400. The molecule has 1 aliphatic rings.